The van der Waals surface area contributed by atoms with Gasteiger partial charge in [0, 0.05) is 0 Å². The molecule has 0 spiro atoms. The lowest BCUT2D eigenvalue weighted by Gasteiger charge is -1.93. The zero-order valence-electron chi connectivity index (χ0n) is 5.35. The first-order chi connectivity index (χ1) is 5.13. The van der Waals surface area contributed by atoms with Gasteiger partial charge in [0.2, 0.25) is 0 Å². The predicted molar refractivity (Wildman–Crippen MR) is 36.9 cm³/mol. The molecule has 0 aliphatic rings. The highest BCUT2D eigenvalue weighted by atomic mass is 31.1. The van der Waals surface area contributed by atoms with Crippen LogP contribution >= 0.6 is 16.5 Å². The topological polar surface area (TPSA) is 102 Å². The maximum Gasteiger partial charge on any atom is 0.347 e. The number of hydrogen-bond donors (Lipinski definition) is 2. The van der Waals surface area contributed by atoms with Crippen molar-refractivity contribution in [3.63, 3.8) is 0 Å². The molecule has 0 amide bonds. The molecule has 2 unspecified atom stereocenters. The molecule has 0 heterocycles. The highest BCUT2D eigenvalue weighted by Gasteiger charge is 1.95. The van der Waals surface area contributed by atoms with Gasteiger partial charge in [0.25, 0.3) is 0 Å². The van der Waals surface area contributed by atoms with E-state index in [0.717, 1.165) is 0 Å². The van der Waals surface area contributed by atoms with Crippen LogP contribution in [0.15, 0.2) is 13.2 Å². The molecule has 0 aliphatic carbocycles. The summed E-state index contributed by atoms with van der Waals surface area (Å²) in [4.78, 5) is 15.6. The first-order valence-corrected chi connectivity index (χ1v) is 4.62. The van der Waals surface area contributed by atoms with Crippen LogP contribution in [0.3, 0.4) is 0 Å². The molecule has 7 nitrogen and oxygen atoms in total. The summed E-state index contributed by atoms with van der Waals surface area (Å²) in [5.41, 5.74) is 0. The first-order valence-electron chi connectivity index (χ1n) is 2.10. The third-order valence-electron chi connectivity index (χ3n) is 0.211. The van der Waals surface area contributed by atoms with Gasteiger partial charge in [0.05, 0.1) is 0 Å². The van der Waals surface area contributed by atoms with Gasteiger partial charge in [-0.15, -0.1) is 22.5 Å². The molecular formula is C2H8O7P2. The first kappa shape index (κ1) is 13.6. The van der Waals surface area contributed by atoms with E-state index >= 15 is 0 Å². The molecule has 0 aromatic rings. The fourth-order valence-corrected chi connectivity index (χ4v) is 0.328. The Morgan fingerprint density at radius 1 is 1.00 bits per heavy atom. The van der Waals surface area contributed by atoms with E-state index in [4.69, 9.17) is 9.79 Å². The van der Waals surface area contributed by atoms with Crippen LogP contribution in [0.25, 0.3) is 0 Å². The molecule has 0 saturated heterocycles. The minimum absolute atomic E-state index is 3.00. The third-order valence-corrected chi connectivity index (χ3v) is 0.632. The second kappa shape index (κ2) is 10.0. The van der Waals surface area contributed by atoms with E-state index in [1.165, 1.54) is 0 Å². The second-order valence-electron chi connectivity index (χ2n) is 0.767. The van der Waals surface area contributed by atoms with Crippen molar-refractivity contribution in [2.45, 2.75) is 0 Å². The molecule has 0 aliphatic heterocycles. The quantitative estimate of drug-likeness (QED) is 0.297. The van der Waals surface area contributed by atoms with E-state index in [1.54, 1.807) is 0 Å². The lowest BCUT2D eigenvalue weighted by Crippen LogP contribution is -1.80. The predicted octanol–water partition coefficient (Wildman–Crippen LogP) is 0.432. The van der Waals surface area contributed by atoms with E-state index in [2.05, 4.69) is 27.5 Å². The maximum atomic E-state index is 9.57. The molecule has 0 radical (unpaired) electrons. The van der Waals surface area contributed by atoms with Crippen LogP contribution in [0, 0.1) is 0 Å². The van der Waals surface area contributed by atoms with E-state index in [9.17, 15) is 9.13 Å². The highest BCUT2D eigenvalue weighted by molar-refractivity contribution is 7.32. The fraction of sp³-hybridized carbons (Fsp3) is 0. The van der Waals surface area contributed by atoms with Crippen LogP contribution in [0.5, 0.6) is 0 Å². The van der Waals surface area contributed by atoms with Crippen LogP contribution in [-0.2, 0) is 23.5 Å². The van der Waals surface area contributed by atoms with Crippen molar-refractivity contribution < 1.29 is 33.3 Å². The molecule has 0 rings (SSSR count). The van der Waals surface area contributed by atoms with Crippen LogP contribution in [-0.4, -0.2) is 9.79 Å². The van der Waals surface area contributed by atoms with Crippen molar-refractivity contribution in [3.8, 4) is 0 Å². The summed E-state index contributed by atoms with van der Waals surface area (Å²) < 4.78 is 25.9. The monoisotopic (exact) mass is 206 g/mol. The van der Waals surface area contributed by atoms with Crippen molar-refractivity contribution in [1.29, 1.82) is 0 Å². The summed E-state index contributed by atoms with van der Waals surface area (Å²) in [5, 5.41) is 3.32. The van der Waals surface area contributed by atoms with Crippen molar-refractivity contribution in [3.05, 3.63) is 13.2 Å². The van der Waals surface area contributed by atoms with Crippen LogP contribution in [0.4, 0.5) is 0 Å². The summed E-state index contributed by atoms with van der Waals surface area (Å²) in [6.45, 7) is 6.00. The van der Waals surface area contributed by atoms with Crippen LogP contribution in [0.1, 0.15) is 0 Å². The normalized spacial score (nSPS) is 14.4. The van der Waals surface area contributed by atoms with E-state index in [-0.39, 0.29) is 0 Å². The zero-order valence-corrected chi connectivity index (χ0v) is 7.35. The molecule has 2 atom stereocenters. The minimum atomic E-state index is -3.26. The summed E-state index contributed by atoms with van der Waals surface area (Å²) in [5.74, 6) is 0. The van der Waals surface area contributed by atoms with Gasteiger partial charge in [-0.25, -0.2) is 0 Å². The summed E-state index contributed by atoms with van der Waals surface area (Å²) in [6, 6.07) is 0. The molecular weight excluding hydrogens is 198 g/mol. The molecule has 2 N–H and O–H groups in total. The molecule has 0 saturated carbocycles. The summed E-state index contributed by atoms with van der Waals surface area (Å²) in [7, 11) is -6.52. The Morgan fingerprint density at radius 2 is 1.27 bits per heavy atom. The average Bonchev–Trinajstić information content (AvgIpc) is 1.90. The van der Waals surface area contributed by atoms with Crippen LogP contribution in [0.2, 0.25) is 0 Å². The molecule has 0 aromatic carbocycles. The van der Waals surface area contributed by atoms with Gasteiger partial charge in [-0.2, -0.15) is 0 Å². The van der Waals surface area contributed by atoms with Crippen LogP contribution < -0.4 is 0 Å². The average molecular weight is 206 g/mol. The van der Waals surface area contributed by atoms with Gasteiger partial charge in [0.15, 0.2) is 0 Å². The van der Waals surface area contributed by atoms with Gasteiger partial charge in [-0.1, -0.05) is 5.04 Å². The Kier molecular flexibility index (Phi) is 12.3. The Labute approximate surface area is 64.0 Å². The van der Waals surface area contributed by atoms with E-state index in [0.29, 0.717) is 0 Å². The van der Waals surface area contributed by atoms with Gasteiger partial charge >= 0.3 is 16.5 Å². The number of rotatable bonds is 4. The molecule has 11 heavy (non-hydrogen) atoms. The van der Waals surface area contributed by atoms with Gasteiger partial charge < -0.3 is 9.79 Å². The standard InChI is InChI=1S/C2H4.H4O7P2/c1-2;1-8(2)6-5-7-9(3)4/h1-2H2;8-9H,(H,1,2)(H,3,4). The summed E-state index contributed by atoms with van der Waals surface area (Å²) >= 11 is 0. The van der Waals surface area contributed by atoms with E-state index < -0.39 is 16.5 Å². The SMILES string of the molecule is C=C.O=[PH](O)OOO[PH](=O)O. The fourth-order valence-electron chi connectivity index (χ4n) is 0.0752. The van der Waals surface area contributed by atoms with Gasteiger partial charge in [0.1, 0.15) is 0 Å². The molecule has 0 aromatic heterocycles. The third kappa shape index (κ3) is 17.8. The molecule has 0 fully saturated rings. The lowest BCUT2D eigenvalue weighted by molar-refractivity contribution is -0.413. The van der Waals surface area contributed by atoms with Gasteiger partial charge in [-0.05, 0) is 0 Å². The highest BCUT2D eigenvalue weighted by Crippen LogP contribution is 2.20. The zero-order chi connectivity index (χ0) is 9.28. The number of hydrogen-bond acceptors (Lipinski definition) is 5. The largest absolute Gasteiger partial charge is 0.347 e. The van der Waals surface area contributed by atoms with Crippen molar-refractivity contribution >= 4 is 16.5 Å². The molecule has 9 heteroatoms. The van der Waals surface area contributed by atoms with Crippen molar-refractivity contribution in [2.24, 2.45) is 0 Å². The maximum absolute atomic E-state index is 9.57. The molecule has 0 bridgehead atoms. The Bertz CT molecular complexity index is 120. The Hall–Kier alpha value is -0.0000000000000000763. The van der Waals surface area contributed by atoms with Crippen molar-refractivity contribution in [2.75, 3.05) is 0 Å². The van der Waals surface area contributed by atoms with Crippen molar-refractivity contribution in [1.82, 2.24) is 0 Å². The second-order valence-corrected chi connectivity index (χ2v) is 2.16. The Morgan fingerprint density at radius 3 is 1.45 bits per heavy atom. The van der Waals surface area contributed by atoms with E-state index in [1.807, 2.05) is 0 Å². The molecule has 68 valence electrons. The van der Waals surface area contributed by atoms with Gasteiger partial charge in [-0.3, -0.25) is 9.13 Å². The summed E-state index contributed by atoms with van der Waals surface area (Å²) in [6.07, 6.45) is 0. The Balaban J connectivity index is 0. The minimum Gasteiger partial charge on any atom is -0.325 e. The lowest BCUT2D eigenvalue weighted by atomic mass is 11.3. The smallest absolute Gasteiger partial charge is 0.325 e.